The van der Waals surface area contributed by atoms with E-state index in [-0.39, 0.29) is 0 Å². The molecule has 3 rings (SSSR count). The van der Waals surface area contributed by atoms with Crippen LogP contribution in [0.15, 0.2) is 18.3 Å². The molecule has 3 heterocycles. The highest BCUT2D eigenvalue weighted by molar-refractivity contribution is 5.77. The van der Waals surface area contributed by atoms with E-state index in [4.69, 9.17) is 4.98 Å². The summed E-state index contributed by atoms with van der Waals surface area (Å²) < 4.78 is 2.15. The second-order valence-corrected chi connectivity index (χ2v) is 5.04. The summed E-state index contributed by atoms with van der Waals surface area (Å²) in [5.41, 5.74) is 4.97. The van der Waals surface area contributed by atoms with E-state index in [9.17, 15) is 0 Å². The molecule has 1 unspecified atom stereocenters. The lowest BCUT2D eigenvalue weighted by Crippen LogP contribution is -2.28. The molecule has 1 saturated heterocycles. The van der Waals surface area contributed by atoms with Crippen molar-refractivity contribution in [1.29, 1.82) is 0 Å². The van der Waals surface area contributed by atoms with Gasteiger partial charge in [0.05, 0.1) is 11.0 Å². The molecule has 3 nitrogen and oxygen atoms in total. The number of rotatable bonds is 1. The van der Waals surface area contributed by atoms with E-state index in [2.05, 4.69) is 42.2 Å². The zero-order chi connectivity index (χ0) is 11.8. The molecule has 90 valence electrons. The van der Waals surface area contributed by atoms with Crippen LogP contribution in [0.25, 0.3) is 11.0 Å². The molecule has 3 heteroatoms. The van der Waals surface area contributed by atoms with Gasteiger partial charge in [-0.2, -0.15) is 0 Å². The maximum Gasteiger partial charge on any atom is 0.0884 e. The third-order valence-corrected chi connectivity index (χ3v) is 3.83. The normalized spacial score (nSPS) is 20.9. The maximum atomic E-state index is 4.72. The maximum absolute atomic E-state index is 4.72. The van der Waals surface area contributed by atoms with Gasteiger partial charge in [-0.15, -0.1) is 0 Å². The Bertz CT molecular complexity index is 536. The molecular weight excluding hydrogens is 210 g/mol. The van der Waals surface area contributed by atoms with E-state index < -0.39 is 0 Å². The van der Waals surface area contributed by atoms with Crippen molar-refractivity contribution in [1.82, 2.24) is 14.9 Å². The van der Waals surface area contributed by atoms with Gasteiger partial charge in [0.15, 0.2) is 0 Å². The third-order valence-electron chi connectivity index (χ3n) is 3.83. The van der Waals surface area contributed by atoms with Gasteiger partial charge in [0, 0.05) is 25.5 Å². The fraction of sp³-hybridized carbons (Fsp3) is 0.500. The lowest BCUT2D eigenvalue weighted by Gasteiger charge is -2.24. The second kappa shape index (κ2) is 4.15. The monoisotopic (exact) mass is 229 g/mol. The highest BCUT2D eigenvalue weighted by Crippen LogP contribution is 2.28. The van der Waals surface area contributed by atoms with Crippen LogP contribution in [0.1, 0.15) is 30.0 Å². The Morgan fingerprint density at radius 1 is 1.47 bits per heavy atom. The van der Waals surface area contributed by atoms with Crippen molar-refractivity contribution in [3.63, 3.8) is 0 Å². The first-order valence-corrected chi connectivity index (χ1v) is 6.39. The first-order chi connectivity index (χ1) is 8.25. The summed E-state index contributed by atoms with van der Waals surface area (Å²) in [7, 11) is 2.09. The number of fused-ring (bicyclic) bond motifs is 1. The Morgan fingerprint density at radius 2 is 2.35 bits per heavy atom. The fourth-order valence-electron chi connectivity index (χ4n) is 2.83. The topological polar surface area (TPSA) is 29.9 Å². The largest absolute Gasteiger partial charge is 0.349 e. The average molecular weight is 229 g/mol. The van der Waals surface area contributed by atoms with Crippen molar-refractivity contribution in [2.45, 2.75) is 25.7 Å². The number of nitrogens with one attached hydrogen (secondary N) is 1. The van der Waals surface area contributed by atoms with Crippen molar-refractivity contribution in [3.05, 3.63) is 29.6 Å². The van der Waals surface area contributed by atoms with Crippen LogP contribution in [-0.4, -0.2) is 22.6 Å². The number of pyridine rings is 1. The summed E-state index contributed by atoms with van der Waals surface area (Å²) in [5.74, 6) is 0.635. The molecule has 1 N–H and O–H groups in total. The van der Waals surface area contributed by atoms with E-state index in [1.807, 2.05) is 0 Å². The highest BCUT2D eigenvalue weighted by Gasteiger charge is 2.18. The number of nitrogens with zero attached hydrogens (tertiary/aromatic N) is 2. The number of aryl methyl sites for hydroxylation is 2. The van der Waals surface area contributed by atoms with Crippen molar-refractivity contribution in [3.8, 4) is 0 Å². The SMILES string of the molecule is Cc1nc2ccn(C)c2cc1C1CCCNC1. The lowest BCUT2D eigenvalue weighted by atomic mass is 9.90. The van der Waals surface area contributed by atoms with Gasteiger partial charge in [-0.3, -0.25) is 4.98 Å². The molecule has 0 amide bonds. The van der Waals surface area contributed by atoms with Crippen molar-refractivity contribution >= 4 is 11.0 Å². The van der Waals surface area contributed by atoms with Gasteiger partial charge in [-0.05, 0) is 49.9 Å². The smallest absolute Gasteiger partial charge is 0.0884 e. The minimum Gasteiger partial charge on any atom is -0.349 e. The first-order valence-electron chi connectivity index (χ1n) is 6.39. The van der Waals surface area contributed by atoms with E-state index >= 15 is 0 Å². The molecule has 1 fully saturated rings. The van der Waals surface area contributed by atoms with Gasteiger partial charge >= 0.3 is 0 Å². The van der Waals surface area contributed by atoms with Crippen LogP contribution in [0.5, 0.6) is 0 Å². The fourth-order valence-corrected chi connectivity index (χ4v) is 2.83. The van der Waals surface area contributed by atoms with Gasteiger partial charge in [0.25, 0.3) is 0 Å². The third kappa shape index (κ3) is 1.84. The quantitative estimate of drug-likeness (QED) is 0.813. The van der Waals surface area contributed by atoms with Crippen LogP contribution < -0.4 is 5.32 Å². The van der Waals surface area contributed by atoms with Crippen molar-refractivity contribution in [2.24, 2.45) is 7.05 Å². The zero-order valence-corrected chi connectivity index (χ0v) is 10.5. The number of hydrogen-bond acceptors (Lipinski definition) is 2. The number of hydrogen-bond donors (Lipinski definition) is 1. The van der Waals surface area contributed by atoms with Crippen LogP contribution in [0, 0.1) is 6.92 Å². The van der Waals surface area contributed by atoms with E-state index in [1.165, 1.54) is 29.6 Å². The Kier molecular flexibility index (Phi) is 2.63. The molecule has 1 aliphatic heterocycles. The van der Waals surface area contributed by atoms with Gasteiger partial charge in [-0.1, -0.05) is 0 Å². The van der Waals surface area contributed by atoms with Crippen LogP contribution in [-0.2, 0) is 7.05 Å². The Balaban J connectivity index is 2.07. The molecule has 1 atom stereocenters. The second-order valence-electron chi connectivity index (χ2n) is 5.04. The van der Waals surface area contributed by atoms with E-state index in [1.54, 1.807) is 0 Å². The number of aromatic nitrogens is 2. The summed E-state index contributed by atoms with van der Waals surface area (Å²) in [4.78, 5) is 4.72. The zero-order valence-electron chi connectivity index (χ0n) is 10.5. The molecule has 0 bridgehead atoms. The minimum atomic E-state index is 0.635. The molecule has 0 saturated carbocycles. The summed E-state index contributed by atoms with van der Waals surface area (Å²) in [6.45, 7) is 4.39. The standard InChI is InChI=1S/C14H19N3/c1-10-12(11-4-3-6-15-9-11)8-14-13(16-10)5-7-17(14)2/h5,7-8,11,15H,3-4,6,9H2,1-2H3. The molecular formula is C14H19N3. The Labute approximate surface area is 102 Å². The van der Waals surface area contributed by atoms with E-state index in [0.29, 0.717) is 5.92 Å². The predicted molar refractivity (Wildman–Crippen MR) is 70.3 cm³/mol. The van der Waals surface area contributed by atoms with Gasteiger partial charge < -0.3 is 9.88 Å². The van der Waals surface area contributed by atoms with Crippen LogP contribution in [0.2, 0.25) is 0 Å². The van der Waals surface area contributed by atoms with Crippen LogP contribution >= 0.6 is 0 Å². The Morgan fingerprint density at radius 3 is 3.12 bits per heavy atom. The lowest BCUT2D eigenvalue weighted by molar-refractivity contribution is 0.459. The van der Waals surface area contributed by atoms with Crippen molar-refractivity contribution < 1.29 is 0 Å². The minimum absolute atomic E-state index is 0.635. The summed E-state index contributed by atoms with van der Waals surface area (Å²) >= 11 is 0. The van der Waals surface area contributed by atoms with Gasteiger partial charge in [0.2, 0.25) is 0 Å². The molecule has 17 heavy (non-hydrogen) atoms. The summed E-state index contributed by atoms with van der Waals surface area (Å²) in [6.07, 6.45) is 4.64. The molecule has 2 aromatic rings. The molecule has 0 aromatic carbocycles. The number of piperidine rings is 1. The van der Waals surface area contributed by atoms with Crippen LogP contribution in [0.4, 0.5) is 0 Å². The van der Waals surface area contributed by atoms with Gasteiger partial charge in [-0.25, -0.2) is 0 Å². The van der Waals surface area contributed by atoms with Crippen LogP contribution in [0.3, 0.4) is 0 Å². The molecule has 1 aliphatic rings. The molecule has 0 spiro atoms. The first kappa shape index (κ1) is 10.8. The predicted octanol–water partition coefficient (Wildman–Crippen LogP) is 2.35. The molecule has 2 aromatic heterocycles. The molecule has 0 aliphatic carbocycles. The molecule has 0 radical (unpaired) electrons. The average Bonchev–Trinajstić information content (AvgIpc) is 2.70. The van der Waals surface area contributed by atoms with E-state index in [0.717, 1.165) is 18.6 Å². The highest BCUT2D eigenvalue weighted by atomic mass is 14.9. The summed E-state index contributed by atoms with van der Waals surface area (Å²) in [6, 6.07) is 4.42. The van der Waals surface area contributed by atoms with Crippen molar-refractivity contribution in [2.75, 3.05) is 13.1 Å². The van der Waals surface area contributed by atoms with Gasteiger partial charge in [0.1, 0.15) is 0 Å². The Hall–Kier alpha value is -1.35. The summed E-state index contributed by atoms with van der Waals surface area (Å²) in [5, 5.41) is 3.48.